The van der Waals surface area contributed by atoms with E-state index in [1.807, 2.05) is 0 Å². The molecule has 0 saturated carbocycles. The second-order valence-corrected chi connectivity index (χ2v) is 1.94. The van der Waals surface area contributed by atoms with Crippen molar-refractivity contribution in [3.05, 3.63) is 12.8 Å². The molecule has 1 unspecified atom stereocenters. The molecule has 0 heterocycles. The maximum Gasteiger partial charge on any atom is 0.0708 e. The zero-order chi connectivity index (χ0) is 7.98. The molecule has 4 nitrogen and oxygen atoms in total. The van der Waals surface area contributed by atoms with E-state index in [1.165, 1.54) is 11.2 Å². The molecule has 1 N–H and O–H groups in total. The van der Waals surface area contributed by atoms with Crippen LogP contribution >= 0.6 is 0 Å². The Bertz CT molecular complexity index is 122. The number of aliphatic hydroxyl groups excluding tert-OH is 1. The average Bonchev–Trinajstić information content (AvgIpc) is 1.86. The van der Waals surface area contributed by atoms with Crippen molar-refractivity contribution in [2.24, 2.45) is 10.3 Å². The molecule has 0 amide bonds. The Morgan fingerprint density at radius 1 is 1.80 bits per heavy atom. The van der Waals surface area contributed by atoms with Crippen LogP contribution in [0.5, 0.6) is 0 Å². The first-order chi connectivity index (χ1) is 4.70. The molecule has 0 bridgehead atoms. The standard InChI is InChI=1S/C6H13N3O/c1-4-9(8-7-3)5-6(2)10/h4,6,10H,1,5H2,2-3H3/b8-7-. The van der Waals surface area contributed by atoms with E-state index in [2.05, 4.69) is 16.9 Å². The van der Waals surface area contributed by atoms with Gasteiger partial charge in [0.2, 0.25) is 0 Å². The van der Waals surface area contributed by atoms with Gasteiger partial charge in [0.1, 0.15) is 0 Å². The van der Waals surface area contributed by atoms with Crippen molar-refractivity contribution in [1.29, 1.82) is 0 Å². The van der Waals surface area contributed by atoms with Gasteiger partial charge in [-0.2, -0.15) is 5.11 Å². The average molecular weight is 143 g/mol. The van der Waals surface area contributed by atoms with E-state index in [0.29, 0.717) is 6.54 Å². The molecule has 58 valence electrons. The van der Waals surface area contributed by atoms with Crippen LogP contribution in [0.2, 0.25) is 0 Å². The van der Waals surface area contributed by atoms with Crippen LogP contribution in [-0.4, -0.2) is 29.8 Å². The van der Waals surface area contributed by atoms with Crippen LogP contribution in [0.1, 0.15) is 6.92 Å². The van der Waals surface area contributed by atoms with Crippen molar-refractivity contribution in [2.45, 2.75) is 13.0 Å². The van der Waals surface area contributed by atoms with Crippen molar-refractivity contribution < 1.29 is 5.11 Å². The van der Waals surface area contributed by atoms with Crippen LogP contribution in [0.3, 0.4) is 0 Å². The highest BCUT2D eigenvalue weighted by Crippen LogP contribution is 1.93. The SMILES string of the molecule is C=CN(CC(C)O)/N=N\C. The maximum atomic E-state index is 8.89. The Labute approximate surface area is 60.8 Å². The highest BCUT2D eigenvalue weighted by atomic mass is 16.3. The number of aliphatic hydroxyl groups is 1. The normalized spacial score (nSPS) is 13.5. The predicted molar refractivity (Wildman–Crippen MR) is 39.4 cm³/mol. The molecule has 0 aromatic heterocycles. The van der Waals surface area contributed by atoms with E-state index in [-0.39, 0.29) is 0 Å². The fraction of sp³-hybridized carbons (Fsp3) is 0.667. The van der Waals surface area contributed by atoms with Crippen molar-refractivity contribution in [2.75, 3.05) is 13.6 Å². The van der Waals surface area contributed by atoms with Gasteiger partial charge in [0.25, 0.3) is 0 Å². The molecule has 0 radical (unpaired) electrons. The molecule has 0 spiro atoms. The molecule has 0 saturated heterocycles. The van der Waals surface area contributed by atoms with Gasteiger partial charge in [-0.05, 0) is 6.92 Å². The number of hydrogen-bond acceptors (Lipinski definition) is 3. The molecule has 0 aliphatic rings. The highest BCUT2D eigenvalue weighted by molar-refractivity contribution is 4.67. The second kappa shape index (κ2) is 4.93. The van der Waals surface area contributed by atoms with Crippen LogP contribution in [-0.2, 0) is 0 Å². The molecule has 10 heavy (non-hydrogen) atoms. The quantitative estimate of drug-likeness (QED) is 0.467. The fourth-order valence-corrected chi connectivity index (χ4v) is 0.533. The summed E-state index contributed by atoms with van der Waals surface area (Å²) < 4.78 is 0. The van der Waals surface area contributed by atoms with Gasteiger partial charge in [0.05, 0.1) is 19.7 Å². The molecule has 0 aliphatic carbocycles. The van der Waals surface area contributed by atoms with Crippen molar-refractivity contribution >= 4 is 0 Å². The third-order valence-electron chi connectivity index (χ3n) is 0.866. The summed E-state index contributed by atoms with van der Waals surface area (Å²) in [5, 5.41) is 17.6. The van der Waals surface area contributed by atoms with Crippen LogP contribution in [0.4, 0.5) is 0 Å². The lowest BCUT2D eigenvalue weighted by molar-refractivity contribution is 0.149. The second-order valence-electron chi connectivity index (χ2n) is 1.94. The summed E-state index contributed by atoms with van der Waals surface area (Å²) in [6, 6.07) is 0. The third-order valence-corrected chi connectivity index (χ3v) is 0.866. The molecule has 4 heteroatoms. The molecule has 0 rings (SSSR count). The van der Waals surface area contributed by atoms with Crippen molar-refractivity contribution in [3.8, 4) is 0 Å². The zero-order valence-electron chi connectivity index (χ0n) is 6.36. The van der Waals surface area contributed by atoms with Gasteiger partial charge in [0.15, 0.2) is 0 Å². The molecular formula is C6H13N3O. The lowest BCUT2D eigenvalue weighted by Crippen LogP contribution is -2.20. The van der Waals surface area contributed by atoms with Crippen LogP contribution < -0.4 is 0 Å². The summed E-state index contributed by atoms with van der Waals surface area (Å²) in [5.74, 6) is 0. The minimum absolute atomic E-state index is 0.413. The third kappa shape index (κ3) is 4.03. The molecule has 0 aromatic rings. The van der Waals surface area contributed by atoms with Crippen molar-refractivity contribution in [1.82, 2.24) is 5.01 Å². The first-order valence-electron chi connectivity index (χ1n) is 3.07. The minimum Gasteiger partial charge on any atom is -0.391 e. The van der Waals surface area contributed by atoms with Gasteiger partial charge in [0, 0.05) is 6.20 Å². The molecular weight excluding hydrogens is 130 g/mol. The Kier molecular flexibility index (Phi) is 4.49. The minimum atomic E-state index is -0.413. The summed E-state index contributed by atoms with van der Waals surface area (Å²) in [7, 11) is 1.57. The number of nitrogens with zero attached hydrogens (tertiary/aromatic N) is 3. The van der Waals surface area contributed by atoms with Crippen LogP contribution in [0.15, 0.2) is 23.1 Å². The smallest absolute Gasteiger partial charge is 0.0708 e. The largest absolute Gasteiger partial charge is 0.391 e. The van der Waals surface area contributed by atoms with E-state index in [9.17, 15) is 0 Å². The predicted octanol–water partition coefficient (Wildman–Crippen LogP) is 0.810. The van der Waals surface area contributed by atoms with Crippen LogP contribution in [0, 0.1) is 0 Å². The van der Waals surface area contributed by atoms with E-state index in [1.54, 1.807) is 14.0 Å². The number of hydrogen-bond donors (Lipinski definition) is 1. The summed E-state index contributed by atoms with van der Waals surface area (Å²) in [6.45, 7) is 5.61. The first kappa shape index (κ1) is 9.10. The van der Waals surface area contributed by atoms with Gasteiger partial charge in [-0.25, -0.2) is 0 Å². The summed E-state index contributed by atoms with van der Waals surface area (Å²) in [5.41, 5.74) is 0. The lowest BCUT2D eigenvalue weighted by atomic mass is 10.4. The van der Waals surface area contributed by atoms with E-state index >= 15 is 0 Å². The Hall–Kier alpha value is -0.900. The molecule has 1 atom stereocenters. The van der Waals surface area contributed by atoms with Gasteiger partial charge < -0.3 is 5.11 Å². The van der Waals surface area contributed by atoms with Gasteiger partial charge in [-0.15, -0.1) is 0 Å². The summed E-state index contributed by atoms with van der Waals surface area (Å²) in [4.78, 5) is 0. The fourth-order valence-electron chi connectivity index (χ4n) is 0.533. The Balaban J connectivity index is 3.71. The number of rotatable bonds is 4. The first-order valence-corrected chi connectivity index (χ1v) is 3.07. The Morgan fingerprint density at radius 3 is 2.70 bits per heavy atom. The van der Waals surface area contributed by atoms with Gasteiger partial charge >= 0.3 is 0 Å². The molecule has 0 aromatic carbocycles. The van der Waals surface area contributed by atoms with E-state index in [0.717, 1.165) is 0 Å². The zero-order valence-corrected chi connectivity index (χ0v) is 6.36. The molecule has 0 fully saturated rings. The van der Waals surface area contributed by atoms with E-state index in [4.69, 9.17) is 5.11 Å². The summed E-state index contributed by atoms with van der Waals surface area (Å²) in [6.07, 6.45) is 1.10. The summed E-state index contributed by atoms with van der Waals surface area (Å²) >= 11 is 0. The highest BCUT2D eigenvalue weighted by Gasteiger charge is 1.99. The van der Waals surface area contributed by atoms with Gasteiger partial charge in [-0.3, -0.25) is 5.01 Å². The van der Waals surface area contributed by atoms with Gasteiger partial charge in [-0.1, -0.05) is 11.8 Å². The molecule has 0 aliphatic heterocycles. The monoisotopic (exact) mass is 143 g/mol. The van der Waals surface area contributed by atoms with Crippen LogP contribution in [0.25, 0.3) is 0 Å². The maximum absolute atomic E-state index is 8.89. The Morgan fingerprint density at radius 2 is 2.40 bits per heavy atom. The topological polar surface area (TPSA) is 48.2 Å². The van der Waals surface area contributed by atoms with Crippen molar-refractivity contribution in [3.63, 3.8) is 0 Å². The lowest BCUT2D eigenvalue weighted by Gasteiger charge is -2.12. The van der Waals surface area contributed by atoms with E-state index < -0.39 is 6.10 Å².